The summed E-state index contributed by atoms with van der Waals surface area (Å²) in [4.78, 5) is 24.7. The molecule has 2 aromatic carbocycles. The van der Waals surface area contributed by atoms with Gasteiger partial charge in [0.05, 0.1) is 27.9 Å². The van der Waals surface area contributed by atoms with Crippen LogP contribution in [0.2, 0.25) is 0 Å². The maximum absolute atomic E-state index is 14.9. The molecule has 7 heteroatoms. The first-order valence-corrected chi connectivity index (χ1v) is 9.40. The van der Waals surface area contributed by atoms with Crippen LogP contribution in [0.5, 0.6) is 17.2 Å². The van der Waals surface area contributed by atoms with Crippen LogP contribution in [0.25, 0.3) is 12.2 Å². The summed E-state index contributed by atoms with van der Waals surface area (Å²) in [5.74, 6) is -0.499. The van der Waals surface area contributed by atoms with E-state index in [0.717, 1.165) is 19.1 Å². The van der Waals surface area contributed by atoms with Gasteiger partial charge in [-0.25, -0.2) is 4.39 Å². The minimum atomic E-state index is -2.73. The molecule has 31 heavy (non-hydrogen) atoms. The molecule has 0 aromatic heterocycles. The van der Waals surface area contributed by atoms with Crippen molar-refractivity contribution in [1.82, 2.24) is 0 Å². The van der Waals surface area contributed by atoms with Crippen molar-refractivity contribution in [3.8, 4) is 17.2 Å². The lowest BCUT2D eigenvalue weighted by Gasteiger charge is -2.13. The molecule has 0 aliphatic heterocycles. The van der Waals surface area contributed by atoms with Crippen molar-refractivity contribution in [2.24, 2.45) is 0 Å². The van der Waals surface area contributed by atoms with Gasteiger partial charge >= 0.3 is 0 Å². The first-order valence-electron chi connectivity index (χ1n) is 9.40. The third kappa shape index (κ3) is 5.79. The summed E-state index contributed by atoms with van der Waals surface area (Å²) in [6.45, 7) is 0.674. The Morgan fingerprint density at radius 2 is 1.35 bits per heavy atom. The summed E-state index contributed by atoms with van der Waals surface area (Å²) in [7, 11) is 4.46. The number of hydrogen-bond donors (Lipinski definition) is 1. The van der Waals surface area contributed by atoms with Crippen LogP contribution < -0.4 is 14.2 Å². The van der Waals surface area contributed by atoms with E-state index < -0.39 is 17.2 Å². The Labute approximate surface area is 180 Å². The van der Waals surface area contributed by atoms with E-state index in [9.17, 15) is 19.1 Å². The van der Waals surface area contributed by atoms with Crippen molar-refractivity contribution in [2.45, 2.75) is 19.2 Å². The first kappa shape index (κ1) is 23.8. The van der Waals surface area contributed by atoms with Crippen LogP contribution in [0.4, 0.5) is 4.39 Å². The van der Waals surface area contributed by atoms with E-state index >= 15 is 0 Å². The number of carbonyl (C=O) groups excluding carboxylic acids is 2. The number of carbonyl (C=O) groups is 2. The van der Waals surface area contributed by atoms with Gasteiger partial charge < -0.3 is 19.3 Å². The third-order valence-corrected chi connectivity index (χ3v) is 4.66. The highest BCUT2D eigenvalue weighted by molar-refractivity contribution is 6.19. The second kappa shape index (κ2) is 10.5. The van der Waals surface area contributed by atoms with Crippen LogP contribution in [0, 0.1) is 0 Å². The Balaban J connectivity index is 2.14. The van der Waals surface area contributed by atoms with Gasteiger partial charge in [-0.05, 0) is 54.5 Å². The van der Waals surface area contributed by atoms with Gasteiger partial charge in [0.1, 0.15) is 5.75 Å². The van der Waals surface area contributed by atoms with Gasteiger partial charge in [0.25, 0.3) is 0 Å². The Bertz CT molecular complexity index is 928. The first-order chi connectivity index (χ1) is 14.8. The number of hydrogen-bond acceptors (Lipinski definition) is 6. The highest BCUT2D eigenvalue weighted by Crippen LogP contribution is 2.28. The molecule has 164 valence electrons. The lowest BCUT2D eigenvalue weighted by atomic mass is 9.95. The van der Waals surface area contributed by atoms with E-state index in [1.165, 1.54) is 33.5 Å². The zero-order chi connectivity index (χ0) is 23.0. The Morgan fingerprint density at radius 3 is 1.84 bits per heavy atom. The van der Waals surface area contributed by atoms with Crippen molar-refractivity contribution in [3.05, 3.63) is 65.2 Å². The zero-order valence-electron chi connectivity index (χ0n) is 17.8. The predicted octanol–water partition coefficient (Wildman–Crippen LogP) is 3.80. The maximum atomic E-state index is 14.9. The van der Waals surface area contributed by atoms with E-state index in [-0.39, 0.29) is 6.61 Å². The molecule has 0 saturated heterocycles. The normalized spacial score (nSPS) is 13.2. The van der Waals surface area contributed by atoms with Crippen LogP contribution in [-0.4, -0.2) is 43.7 Å². The van der Waals surface area contributed by atoms with Crippen molar-refractivity contribution < 1.29 is 33.3 Å². The smallest absolute Gasteiger partial charge is 0.231 e. The monoisotopic (exact) mass is 428 g/mol. The van der Waals surface area contributed by atoms with E-state index in [1.54, 1.807) is 36.4 Å². The van der Waals surface area contributed by atoms with Crippen LogP contribution in [0.15, 0.2) is 48.6 Å². The highest BCUT2D eigenvalue weighted by Gasteiger charge is 2.37. The summed E-state index contributed by atoms with van der Waals surface area (Å²) in [5.41, 5.74) is -1.06. The standard InChI is InChI=1S/C24H25FO6/c1-24(25,22(27)11-7-16-5-9-19(29-2)18(13-16)15-26)23(28)12-8-17-6-10-20(30-3)21(14-17)31-4/h5-14,26H,15H2,1-4H3/b11-7+,12-8+. The number of ether oxygens (including phenoxy) is 3. The molecule has 1 unspecified atom stereocenters. The van der Waals surface area contributed by atoms with Crippen LogP contribution in [0.1, 0.15) is 23.6 Å². The highest BCUT2D eigenvalue weighted by atomic mass is 19.1. The molecule has 0 bridgehead atoms. The van der Waals surface area contributed by atoms with Gasteiger partial charge in [-0.3, -0.25) is 9.59 Å². The summed E-state index contributed by atoms with van der Waals surface area (Å²) >= 11 is 0. The number of allylic oxidation sites excluding steroid dienone is 2. The summed E-state index contributed by atoms with van der Waals surface area (Å²) in [6, 6.07) is 9.84. The number of ketones is 2. The second-order valence-corrected chi connectivity index (χ2v) is 6.74. The van der Waals surface area contributed by atoms with Gasteiger partial charge in [0, 0.05) is 5.56 Å². The molecule has 0 amide bonds. The van der Waals surface area contributed by atoms with Gasteiger partial charge in [-0.15, -0.1) is 0 Å². The average molecular weight is 428 g/mol. The third-order valence-electron chi connectivity index (χ3n) is 4.66. The second-order valence-electron chi connectivity index (χ2n) is 6.74. The molecule has 0 fully saturated rings. The van der Waals surface area contributed by atoms with Crippen LogP contribution in [0.3, 0.4) is 0 Å². The number of halogens is 1. The van der Waals surface area contributed by atoms with E-state index in [0.29, 0.717) is 33.9 Å². The summed E-state index contributed by atoms with van der Waals surface area (Å²) in [6.07, 6.45) is 4.80. The van der Waals surface area contributed by atoms with Crippen molar-refractivity contribution >= 4 is 23.7 Å². The molecule has 6 nitrogen and oxygen atoms in total. The van der Waals surface area contributed by atoms with Gasteiger partial charge in [-0.2, -0.15) is 0 Å². The number of methoxy groups -OCH3 is 3. The molecule has 0 heterocycles. The Kier molecular flexibility index (Phi) is 8.10. The molecular formula is C24H25FO6. The van der Waals surface area contributed by atoms with Crippen LogP contribution in [-0.2, 0) is 16.2 Å². The molecule has 2 aromatic rings. The fourth-order valence-corrected chi connectivity index (χ4v) is 2.76. The maximum Gasteiger partial charge on any atom is 0.231 e. The number of aliphatic hydroxyl groups excluding tert-OH is 1. The van der Waals surface area contributed by atoms with E-state index in [1.807, 2.05) is 0 Å². The number of aliphatic hydroxyl groups is 1. The SMILES string of the molecule is COc1ccc(/C=C/C(=O)C(C)(F)C(=O)/C=C/c2ccc(OC)c(OC)c2)cc1CO. The quantitative estimate of drug-likeness (QED) is 0.458. The topological polar surface area (TPSA) is 82.1 Å². The molecule has 0 saturated carbocycles. The lowest BCUT2D eigenvalue weighted by molar-refractivity contribution is -0.135. The van der Waals surface area contributed by atoms with Gasteiger partial charge in [0.15, 0.2) is 11.5 Å². The predicted molar refractivity (Wildman–Crippen MR) is 116 cm³/mol. The number of alkyl halides is 1. The van der Waals surface area contributed by atoms with Crippen LogP contribution >= 0.6 is 0 Å². The Morgan fingerprint density at radius 1 is 0.871 bits per heavy atom. The van der Waals surface area contributed by atoms with Crippen molar-refractivity contribution in [1.29, 1.82) is 0 Å². The number of benzene rings is 2. The molecule has 0 radical (unpaired) electrons. The minimum Gasteiger partial charge on any atom is -0.496 e. The minimum absolute atomic E-state index is 0.251. The number of rotatable bonds is 10. The average Bonchev–Trinajstić information content (AvgIpc) is 2.80. The van der Waals surface area contributed by atoms with Gasteiger partial charge in [-0.1, -0.05) is 24.3 Å². The largest absolute Gasteiger partial charge is 0.496 e. The Hall–Kier alpha value is -3.45. The van der Waals surface area contributed by atoms with E-state index in [2.05, 4.69) is 0 Å². The summed E-state index contributed by atoms with van der Waals surface area (Å²) in [5, 5.41) is 9.37. The van der Waals surface area contributed by atoms with Crippen molar-refractivity contribution in [2.75, 3.05) is 21.3 Å². The molecular weight excluding hydrogens is 403 g/mol. The molecule has 0 aliphatic carbocycles. The molecule has 0 spiro atoms. The van der Waals surface area contributed by atoms with Crippen molar-refractivity contribution in [3.63, 3.8) is 0 Å². The van der Waals surface area contributed by atoms with Gasteiger partial charge in [0.2, 0.25) is 17.2 Å². The lowest BCUT2D eigenvalue weighted by Crippen LogP contribution is -2.37. The molecule has 1 atom stereocenters. The fourth-order valence-electron chi connectivity index (χ4n) is 2.76. The summed E-state index contributed by atoms with van der Waals surface area (Å²) < 4.78 is 30.4. The molecule has 1 N–H and O–H groups in total. The fraction of sp³-hybridized carbons (Fsp3) is 0.250. The zero-order valence-corrected chi connectivity index (χ0v) is 17.8. The molecule has 0 aliphatic rings. The van der Waals surface area contributed by atoms with E-state index in [4.69, 9.17) is 14.2 Å². The molecule has 2 rings (SSSR count).